The third kappa shape index (κ3) is 1.33. The van der Waals surface area contributed by atoms with Crippen LogP contribution >= 0.6 is 11.8 Å². The van der Waals surface area contributed by atoms with Crippen LogP contribution in [0.2, 0.25) is 0 Å². The number of hydrogen-bond donors (Lipinski definition) is 0. The van der Waals surface area contributed by atoms with E-state index in [1.807, 2.05) is 11.8 Å². The Morgan fingerprint density at radius 2 is 2.00 bits per heavy atom. The van der Waals surface area contributed by atoms with E-state index < -0.39 is 0 Å². The molecule has 14 heavy (non-hydrogen) atoms. The molecule has 0 aromatic carbocycles. The standard InChI is InChI=1S/C11H19NOS/c1-10(2)13-11(8-14-10)7-12-5-3-9(11)4-6-12/h9H,3-8H2,1-2H3. The van der Waals surface area contributed by atoms with Gasteiger partial charge in [0.15, 0.2) is 0 Å². The zero-order valence-electron chi connectivity index (χ0n) is 9.08. The molecule has 80 valence electrons. The van der Waals surface area contributed by atoms with Gasteiger partial charge in [0.25, 0.3) is 0 Å². The Balaban J connectivity index is 1.84. The van der Waals surface area contributed by atoms with E-state index in [9.17, 15) is 0 Å². The van der Waals surface area contributed by atoms with Gasteiger partial charge >= 0.3 is 0 Å². The Morgan fingerprint density at radius 1 is 1.29 bits per heavy atom. The molecule has 1 spiro atoms. The zero-order chi connectivity index (χ0) is 9.81. The lowest BCUT2D eigenvalue weighted by atomic mass is 9.76. The largest absolute Gasteiger partial charge is 0.356 e. The fourth-order valence-electron chi connectivity index (χ4n) is 3.25. The molecule has 3 heteroatoms. The van der Waals surface area contributed by atoms with Crippen LogP contribution in [0.4, 0.5) is 0 Å². The lowest BCUT2D eigenvalue weighted by Gasteiger charge is -2.51. The van der Waals surface area contributed by atoms with Crippen LogP contribution in [0.3, 0.4) is 0 Å². The van der Waals surface area contributed by atoms with Crippen molar-refractivity contribution in [1.82, 2.24) is 4.90 Å². The Hall–Kier alpha value is 0.270. The number of fused-ring (bicyclic) bond motifs is 2. The highest BCUT2D eigenvalue weighted by molar-refractivity contribution is 8.00. The molecule has 0 aliphatic carbocycles. The van der Waals surface area contributed by atoms with E-state index in [2.05, 4.69) is 18.7 Å². The van der Waals surface area contributed by atoms with E-state index in [-0.39, 0.29) is 10.5 Å². The molecular weight excluding hydrogens is 194 g/mol. The van der Waals surface area contributed by atoms with E-state index >= 15 is 0 Å². The normalized spacial score (nSPS) is 50.1. The van der Waals surface area contributed by atoms with Gasteiger partial charge in [-0.15, -0.1) is 11.8 Å². The van der Waals surface area contributed by atoms with Crippen LogP contribution < -0.4 is 0 Å². The molecule has 0 aromatic heterocycles. The maximum absolute atomic E-state index is 6.33. The van der Waals surface area contributed by atoms with Crippen LogP contribution in [-0.4, -0.2) is 40.8 Å². The molecule has 0 aromatic rings. The number of hydrogen-bond acceptors (Lipinski definition) is 3. The van der Waals surface area contributed by atoms with Gasteiger partial charge in [0, 0.05) is 12.3 Å². The molecule has 0 radical (unpaired) electrons. The van der Waals surface area contributed by atoms with Crippen molar-refractivity contribution >= 4 is 11.8 Å². The fourth-order valence-corrected chi connectivity index (χ4v) is 4.45. The molecule has 4 fully saturated rings. The molecule has 4 aliphatic heterocycles. The van der Waals surface area contributed by atoms with Crippen molar-refractivity contribution < 1.29 is 4.74 Å². The average Bonchev–Trinajstić information content (AvgIpc) is 2.44. The summed E-state index contributed by atoms with van der Waals surface area (Å²) in [7, 11) is 0. The third-order valence-corrected chi connectivity index (χ3v) is 5.35. The van der Waals surface area contributed by atoms with Crippen LogP contribution in [0, 0.1) is 5.92 Å². The quantitative estimate of drug-likeness (QED) is 0.610. The van der Waals surface area contributed by atoms with Gasteiger partial charge in [-0.05, 0) is 45.7 Å². The lowest BCUT2D eigenvalue weighted by Crippen LogP contribution is -2.60. The predicted molar refractivity (Wildman–Crippen MR) is 59.5 cm³/mol. The fraction of sp³-hybridized carbons (Fsp3) is 1.00. The van der Waals surface area contributed by atoms with Gasteiger partial charge < -0.3 is 9.64 Å². The molecule has 0 saturated carbocycles. The average molecular weight is 213 g/mol. The lowest BCUT2D eigenvalue weighted by molar-refractivity contribution is -0.157. The van der Waals surface area contributed by atoms with Crippen molar-refractivity contribution in [3.63, 3.8) is 0 Å². The van der Waals surface area contributed by atoms with Crippen molar-refractivity contribution in [2.45, 2.75) is 37.2 Å². The highest BCUT2D eigenvalue weighted by Crippen LogP contribution is 2.50. The van der Waals surface area contributed by atoms with E-state index in [4.69, 9.17) is 4.74 Å². The number of thioether (sulfide) groups is 1. The Morgan fingerprint density at radius 3 is 2.43 bits per heavy atom. The van der Waals surface area contributed by atoms with Crippen molar-refractivity contribution in [3.8, 4) is 0 Å². The highest BCUT2D eigenvalue weighted by atomic mass is 32.2. The highest BCUT2D eigenvalue weighted by Gasteiger charge is 2.54. The molecule has 0 amide bonds. The van der Waals surface area contributed by atoms with E-state index in [0.717, 1.165) is 5.92 Å². The summed E-state index contributed by atoms with van der Waals surface area (Å²) in [5, 5.41) is 0. The number of ether oxygens (including phenoxy) is 1. The summed E-state index contributed by atoms with van der Waals surface area (Å²) in [6.07, 6.45) is 2.72. The molecule has 2 nitrogen and oxygen atoms in total. The smallest absolute Gasteiger partial charge is 0.109 e. The number of rotatable bonds is 0. The van der Waals surface area contributed by atoms with Gasteiger partial charge in [0.2, 0.25) is 0 Å². The SMILES string of the molecule is CC1(C)OC2(CS1)CN1CCC2CC1. The molecule has 4 saturated heterocycles. The first-order valence-electron chi connectivity index (χ1n) is 5.66. The summed E-state index contributed by atoms with van der Waals surface area (Å²) in [4.78, 5) is 2.64. The van der Waals surface area contributed by atoms with E-state index in [1.165, 1.54) is 38.2 Å². The molecule has 1 unspecified atom stereocenters. The van der Waals surface area contributed by atoms with Crippen LogP contribution in [0.15, 0.2) is 0 Å². The maximum Gasteiger partial charge on any atom is 0.109 e. The minimum Gasteiger partial charge on any atom is -0.356 e. The molecule has 4 heterocycles. The first-order chi connectivity index (χ1) is 6.60. The second-order valence-electron chi connectivity index (χ2n) is 5.41. The van der Waals surface area contributed by atoms with Crippen molar-refractivity contribution in [2.24, 2.45) is 5.92 Å². The van der Waals surface area contributed by atoms with Crippen LogP contribution in [0.25, 0.3) is 0 Å². The molecule has 2 bridgehead atoms. The topological polar surface area (TPSA) is 12.5 Å². The summed E-state index contributed by atoms with van der Waals surface area (Å²) < 4.78 is 6.33. The van der Waals surface area contributed by atoms with Gasteiger partial charge in [0.05, 0.1) is 5.60 Å². The monoisotopic (exact) mass is 213 g/mol. The maximum atomic E-state index is 6.33. The third-order valence-electron chi connectivity index (χ3n) is 3.94. The Kier molecular flexibility index (Phi) is 1.96. The van der Waals surface area contributed by atoms with Crippen LogP contribution in [0.1, 0.15) is 26.7 Å². The second-order valence-corrected chi connectivity index (χ2v) is 6.97. The second kappa shape index (κ2) is 2.89. The van der Waals surface area contributed by atoms with Crippen molar-refractivity contribution in [3.05, 3.63) is 0 Å². The minimum atomic E-state index is 0.0542. The van der Waals surface area contributed by atoms with Gasteiger partial charge in [0.1, 0.15) is 4.93 Å². The number of nitrogens with zero attached hydrogens (tertiary/aromatic N) is 1. The molecule has 1 atom stereocenters. The molecular formula is C11H19NOS. The Labute approximate surface area is 90.4 Å². The predicted octanol–water partition coefficient (Wildman–Crippen LogP) is 1.95. The Bertz CT molecular complexity index is 248. The van der Waals surface area contributed by atoms with Gasteiger partial charge in [-0.25, -0.2) is 0 Å². The summed E-state index contributed by atoms with van der Waals surface area (Å²) in [6.45, 7) is 8.23. The summed E-state index contributed by atoms with van der Waals surface area (Å²) in [6, 6.07) is 0. The van der Waals surface area contributed by atoms with Crippen LogP contribution in [0.5, 0.6) is 0 Å². The minimum absolute atomic E-state index is 0.0542. The van der Waals surface area contributed by atoms with Gasteiger partial charge in [-0.1, -0.05) is 0 Å². The molecule has 4 aliphatic rings. The summed E-state index contributed by atoms with van der Waals surface area (Å²) in [5.74, 6) is 2.04. The van der Waals surface area contributed by atoms with Crippen molar-refractivity contribution in [2.75, 3.05) is 25.4 Å². The molecule has 0 N–H and O–H groups in total. The first kappa shape index (κ1) is 9.49. The van der Waals surface area contributed by atoms with E-state index in [0.29, 0.717) is 0 Å². The molecule has 4 rings (SSSR count). The first-order valence-corrected chi connectivity index (χ1v) is 6.65. The van der Waals surface area contributed by atoms with Gasteiger partial charge in [-0.2, -0.15) is 0 Å². The number of piperidine rings is 3. The van der Waals surface area contributed by atoms with Gasteiger partial charge in [-0.3, -0.25) is 0 Å². The summed E-state index contributed by atoms with van der Waals surface area (Å²) in [5.41, 5.74) is 0.213. The summed E-state index contributed by atoms with van der Waals surface area (Å²) >= 11 is 2.00. The van der Waals surface area contributed by atoms with Crippen molar-refractivity contribution in [1.29, 1.82) is 0 Å². The van der Waals surface area contributed by atoms with Crippen LogP contribution in [-0.2, 0) is 4.74 Å². The zero-order valence-corrected chi connectivity index (χ0v) is 9.90. The van der Waals surface area contributed by atoms with E-state index in [1.54, 1.807) is 0 Å².